The van der Waals surface area contributed by atoms with Gasteiger partial charge >= 0.3 is 0 Å². The molecule has 1 aromatic carbocycles. The fraction of sp³-hybridized carbons (Fsp3) is 0.333. The Bertz CT molecular complexity index is 563. The van der Waals surface area contributed by atoms with Crippen LogP contribution in [0, 0.1) is 5.92 Å². The number of benzene rings is 1. The van der Waals surface area contributed by atoms with E-state index in [0.717, 1.165) is 17.3 Å². The van der Waals surface area contributed by atoms with Crippen molar-refractivity contribution in [1.29, 1.82) is 0 Å². The Morgan fingerprint density at radius 2 is 2.05 bits per heavy atom. The fourth-order valence-corrected chi connectivity index (χ4v) is 2.07. The summed E-state index contributed by atoms with van der Waals surface area (Å²) in [6, 6.07) is 9.70. The zero-order valence-electron chi connectivity index (χ0n) is 11.3. The van der Waals surface area contributed by atoms with E-state index in [0.29, 0.717) is 18.2 Å². The number of amides is 1. The fourth-order valence-electron chi connectivity index (χ4n) is 2.07. The van der Waals surface area contributed by atoms with Crippen molar-refractivity contribution >= 4 is 16.7 Å². The molecule has 2 rings (SSSR count). The van der Waals surface area contributed by atoms with Gasteiger partial charge in [0.25, 0.3) is 5.91 Å². The van der Waals surface area contributed by atoms with E-state index in [2.05, 4.69) is 22.5 Å². The lowest BCUT2D eigenvalue weighted by Crippen LogP contribution is -2.32. The minimum Gasteiger partial charge on any atom is -0.350 e. The summed E-state index contributed by atoms with van der Waals surface area (Å²) in [6.45, 7) is 3.61. The summed E-state index contributed by atoms with van der Waals surface area (Å²) in [4.78, 5) is 16.4. The lowest BCUT2D eigenvalue weighted by Gasteiger charge is -2.12. The topological polar surface area (TPSA) is 54.0 Å². The van der Waals surface area contributed by atoms with Crippen molar-refractivity contribution < 1.29 is 4.79 Å². The summed E-state index contributed by atoms with van der Waals surface area (Å²) >= 11 is 0. The monoisotopic (exact) mass is 257 g/mol. The quantitative estimate of drug-likeness (QED) is 0.859. The van der Waals surface area contributed by atoms with Gasteiger partial charge < -0.3 is 10.6 Å². The van der Waals surface area contributed by atoms with Crippen LogP contribution in [0.1, 0.15) is 17.4 Å². The number of rotatable bonds is 5. The molecule has 2 N–H and O–H groups in total. The zero-order chi connectivity index (χ0) is 13.7. The van der Waals surface area contributed by atoms with Crippen molar-refractivity contribution in [2.45, 2.75) is 6.92 Å². The van der Waals surface area contributed by atoms with Crippen molar-refractivity contribution in [1.82, 2.24) is 15.6 Å². The van der Waals surface area contributed by atoms with Gasteiger partial charge in [-0.05, 0) is 31.0 Å². The van der Waals surface area contributed by atoms with Crippen molar-refractivity contribution in [2.24, 2.45) is 5.92 Å². The standard InChI is InChI=1S/C15H19N3O/c1-11(9-16-2)10-18-15(19)14-13-6-4-3-5-12(13)7-8-17-14/h3-8,11,16H,9-10H2,1-2H3,(H,18,19). The molecule has 0 saturated heterocycles. The summed E-state index contributed by atoms with van der Waals surface area (Å²) in [5.74, 6) is 0.281. The second-order valence-corrected chi connectivity index (χ2v) is 4.75. The highest BCUT2D eigenvalue weighted by Gasteiger charge is 2.11. The predicted octanol–water partition coefficient (Wildman–Crippen LogP) is 1.82. The molecule has 0 bridgehead atoms. The highest BCUT2D eigenvalue weighted by Crippen LogP contribution is 2.16. The molecule has 0 radical (unpaired) electrons. The Morgan fingerprint density at radius 3 is 2.84 bits per heavy atom. The molecule has 4 nitrogen and oxygen atoms in total. The van der Waals surface area contributed by atoms with Crippen LogP contribution in [0.4, 0.5) is 0 Å². The van der Waals surface area contributed by atoms with Crippen LogP contribution in [0.5, 0.6) is 0 Å². The van der Waals surface area contributed by atoms with Crippen LogP contribution in [0.25, 0.3) is 10.8 Å². The first kappa shape index (κ1) is 13.5. The van der Waals surface area contributed by atoms with E-state index in [1.54, 1.807) is 6.20 Å². The molecule has 1 unspecified atom stereocenters. The SMILES string of the molecule is CNCC(C)CNC(=O)c1nccc2ccccc12. The number of hydrogen-bond acceptors (Lipinski definition) is 3. The highest BCUT2D eigenvalue weighted by atomic mass is 16.1. The van der Waals surface area contributed by atoms with Gasteiger partial charge in [-0.2, -0.15) is 0 Å². The first-order valence-electron chi connectivity index (χ1n) is 6.49. The molecule has 0 spiro atoms. The second-order valence-electron chi connectivity index (χ2n) is 4.75. The Hall–Kier alpha value is -1.94. The van der Waals surface area contributed by atoms with Gasteiger partial charge in [-0.1, -0.05) is 31.2 Å². The van der Waals surface area contributed by atoms with Crippen LogP contribution < -0.4 is 10.6 Å². The lowest BCUT2D eigenvalue weighted by molar-refractivity contribution is 0.0945. The van der Waals surface area contributed by atoms with E-state index in [1.165, 1.54) is 0 Å². The van der Waals surface area contributed by atoms with Crippen LogP contribution in [-0.2, 0) is 0 Å². The Morgan fingerprint density at radius 1 is 1.26 bits per heavy atom. The Balaban J connectivity index is 2.13. The van der Waals surface area contributed by atoms with Gasteiger partial charge in [-0.25, -0.2) is 0 Å². The smallest absolute Gasteiger partial charge is 0.270 e. The van der Waals surface area contributed by atoms with Crippen molar-refractivity contribution in [3.63, 3.8) is 0 Å². The highest BCUT2D eigenvalue weighted by molar-refractivity contribution is 6.05. The number of carbonyl (C=O) groups excluding carboxylic acids is 1. The summed E-state index contributed by atoms with van der Waals surface area (Å²) in [5, 5.41) is 7.95. The minimum atomic E-state index is -0.111. The van der Waals surface area contributed by atoms with Gasteiger partial charge in [0.1, 0.15) is 5.69 Å². The molecule has 0 aliphatic heterocycles. The van der Waals surface area contributed by atoms with E-state index >= 15 is 0 Å². The van der Waals surface area contributed by atoms with Gasteiger partial charge in [-0.15, -0.1) is 0 Å². The first-order chi connectivity index (χ1) is 9.22. The van der Waals surface area contributed by atoms with E-state index in [9.17, 15) is 4.79 Å². The van der Waals surface area contributed by atoms with Crippen LogP contribution >= 0.6 is 0 Å². The van der Waals surface area contributed by atoms with Crippen LogP contribution in [0.3, 0.4) is 0 Å². The van der Waals surface area contributed by atoms with Gasteiger partial charge in [0.05, 0.1) is 0 Å². The summed E-state index contributed by atoms with van der Waals surface area (Å²) in [6.07, 6.45) is 1.67. The molecule has 0 aliphatic rings. The molecule has 0 saturated carbocycles. The van der Waals surface area contributed by atoms with Gasteiger partial charge in [-0.3, -0.25) is 9.78 Å². The molecule has 19 heavy (non-hydrogen) atoms. The van der Waals surface area contributed by atoms with E-state index < -0.39 is 0 Å². The first-order valence-corrected chi connectivity index (χ1v) is 6.49. The number of pyridine rings is 1. The summed E-state index contributed by atoms with van der Waals surface area (Å²) in [5.41, 5.74) is 0.495. The van der Waals surface area contributed by atoms with Crippen molar-refractivity contribution in [2.75, 3.05) is 20.1 Å². The molecule has 0 aliphatic carbocycles. The van der Waals surface area contributed by atoms with Crippen molar-refractivity contribution in [3.05, 3.63) is 42.2 Å². The minimum absolute atomic E-state index is 0.111. The molecule has 1 atom stereocenters. The third-order valence-corrected chi connectivity index (χ3v) is 3.05. The predicted molar refractivity (Wildman–Crippen MR) is 77.2 cm³/mol. The molecular weight excluding hydrogens is 238 g/mol. The molecule has 100 valence electrons. The molecule has 4 heteroatoms. The number of hydrogen-bond donors (Lipinski definition) is 2. The number of carbonyl (C=O) groups is 1. The number of aromatic nitrogens is 1. The van der Waals surface area contributed by atoms with E-state index in [1.807, 2.05) is 37.4 Å². The maximum atomic E-state index is 12.2. The van der Waals surface area contributed by atoms with Gasteiger partial charge in [0.15, 0.2) is 0 Å². The number of nitrogens with zero attached hydrogens (tertiary/aromatic N) is 1. The number of nitrogens with one attached hydrogen (secondary N) is 2. The normalized spacial score (nSPS) is 12.3. The maximum absolute atomic E-state index is 12.2. The average molecular weight is 257 g/mol. The van der Waals surface area contributed by atoms with Crippen LogP contribution in [0.2, 0.25) is 0 Å². The summed E-state index contributed by atoms with van der Waals surface area (Å²) < 4.78 is 0. The van der Waals surface area contributed by atoms with Gasteiger partial charge in [0.2, 0.25) is 0 Å². The number of fused-ring (bicyclic) bond motifs is 1. The molecular formula is C15H19N3O. The van der Waals surface area contributed by atoms with Crippen LogP contribution in [-0.4, -0.2) is 31.0 Å². The Labute approximate surface area is 113 Å². The van der Waals surface area contributed by atoms with Crippen LogP contribution in [0.15, 0.2) is 36.5 Å². The zero-order valence-corrected chi connectivity index (χ0v) is 11.3. The van der Waals surface area contributed by atoms with Crippen molar-refractivity contribution in [3.8, 4) is 0 Å². The van der Waals surface area contributed by atoms with E-state index in [-0.39, 0.29) is 5.91 Å². The third kappa shape index (κ3) is 3.29. The molecule has 1 aromatic heterocycles. The largest absolute Gasteiger partial charge is 0.350 e. The Kier molecular flexibility index (Phi) is 4.47. The summed E-state index contributed by atoms with van der Waals surface area (Å²) in [7, 11) is 1.91. The lowest BCUT2D eigenvalue weighted by atomic mass is 10.1. The third-order valence-electron chi connectivity index (χ3n) is 3.05. The van der Waals surface area contributed by atoms with Gasteiger partial charge in [0, 0.05) is 18.1 Å². The average Bonchev–Trinajstić information content (AvgIpc) is 2.44. The molecule has 2 aromatic rings. The maximum Gasteiger partial charge on any atom is 0.270 e. The van der Waals surface area contributed by atoms with E-state index in [4.69, 9.17) is 0 Å². The molecule has 1 heterocycles. The molecule has 0 fully saturated rings. The molecule has 1 amide bonds. The second kappa shape index (κ2) is 6.29.